The Labute approximate surface area is 236 Å². The fraction of sp³-hybridized carbons (Fsp3) is 0.207. The van der Waals surface area contributed by atoms with Gasteiger partial charge in [-0.15, -0.1) is 0 Å². The van der Waals surface area contributed by atoms with Crippen molar-refractivity contribution < 1.29 is 23.9 Å². The predicted octanol–water partition coefficient (Wildman–Crippen LogP) is 4.44. The minimum Gasteiger partial charge on any atom is -0.496 e. The van der Waals surface area contributed by atoms with Crippen LogP contribution >= 0.6 is 11.8 Å². The molecule has 1 saturated carbocycles. The number of amides is 2. The Bertz CT molecular complexity index is 1500. The maximum atomic E-state index is 13.6. The summed E-state index contributed by atoms with van der Waals surface area (Å²) in [7, 11) is 2.70. The van der Waals surface area contributed by atoms with Crippen molar-refractivity contribution in [1.82, 2.24) is 10.3 Å². The molecule has 1 aliphatic carbocycles. The summed E-state index contributed by atoms with van der Waals surface area (Å²) in [5.41, 5.74) is 8.13. The Morgan fingerprint density at radius 1 is 1.10 bits per heavy atom. The molecular weight excluding hydrogens is 534 g/mol. The van der Waals surface area contributed by atoms with Gasteiger partial charge in [-0.25, -0.2) is 9.78 Å². The number of hydrogen-bond donors (Lipinski definition) is 3. The van der Waals surface area contributed by atoms with Gasteiger partial charge in [0.1, 0.15) is 17.3 Å². The standard InChI is InChI=1S/C29H28ClN5O5/c1-4-17-13-22(27(36)33-19-9-7-18(8-10-19)26(31)35-30)21(14-24(17)39-2)20-11-12-23(34-25(20)29(38)40-3)28(37)32-15-16-5-6-16/h4,7-14,16H,1,5-6,15H2,2-3H3,(H2,31,35)(H,32,37)(H,33,36). The first kappa shape index (κ1) is 28.3. The number of ether oxygens (including phenoxy) is 2. The van der Waals surface area contributed by atoms with Crippen LogP contribution < -0.4 is 21.1 Å². The molecule has 0 spiro atoms. The number of esters is 1. The molecule has 1 aliphatic rings. The van der Waals surface area contributed by atoms with Gasteiger partial charge in [-0.2, -0.15) is 4.51 Å². The van der Waals surface area contributed by atoms with Crippen LogP contribution in [0.2, 0.25) is 0 Å². The third-order valence-corrected chi connectivity index (χ3v) is 6.59. The number of nitrogens with one attached hydrogen (secondary N) is 2. The Hall–Kier alpha value is -4.70. The molecule has 11 heteroatoms. The summed E-state index contributed by atoms with van der Waals surface area (Å²) in [6.45, 7) is 4.36. The van der Waals surface area contributed by atoms with Crippen LogP contribution in [0.5, 0.6) is 5.75 Å². The average molecular weight is 562 g/mol. The molecule has 1 heterocycles. The topological polar surface area (TPSA) is 145 Å². The highest BCUT2D eigenvalue weighted by atomic mass is 35.5. The zero-order valence-corrected chi connectivity index (χ0v) is 22.7. The van der Waals surface area contributed by atoms with Gasteiger partial charge in [0.25, 0.3) is 11.8 Å². The van der Waals surface area contributed by atoms with Crippen LogP contribution in [0.25, 0.3) is 17.2 Å². The second-order valence-corrected chi connectivity index (χ2v) is 9.25. The molecule has 2 aromatic carbocycles. The van der Waals surface area contributed by atoms with Crippen molar-refractivity contribution in [3.8, 4) is 16.9 Å². The normalized spacial score (nSPS) is 12.8. The molecule has 0 atom stereocenters. The maximum Gasteiger partial charge on any atom is 0.357 e. The monoisotopic (exact) mass is 561 g/mol. The van der Waals surface area contributed by atoms with Crippen LogP contribution in [0.1, 0.15) is 55.3 Å². The van der Waals surface area contributed by atoms with Crippen molar-refractivity contribution in [2.75, 3.05) is 26.1 Å². The molecule has 1 aromatic heterocycles. The van der Waals surface area contributed by atoms with E-state index in [2.05, 4.69) is 26.7 Å². The number of nitrogens with two attached hydrogens (primary N) is 1. The van der Waals surface area contributed by atoms with E-state index in [0.29, 0.717) is 40.6 Å². The summed E-state index contributed by atoms with van der Waals surface area (Å²) in [6.07, 6.45) is 3.70. The van der Waals surface area contributed by atoms with Gasteiger partial charge in [0.2, 0.25) is 0 Å². The highest BCUT2D eigenvalue weighted by molar-refractivity contribution is 6.22. The van der Waals surface area contributed by atoms with Crippen LogP contribution in [-0.2, 0) is 4.74 Å². The highest BCUT2D eigenvalue weighted by Crippen LogP contribution is 2.34. The third kappa shape index (κ3) is 6.29. The number of pyridine rings is 1. The average Bonchev–Trinajstić information content (AvgIpc) is 3.83. The number of carbonyl (C=O) groups excluding carboxylic acids is 3. The molecule has 2 amide bonds. The SMILES string of the molecule is C=Cc1cc(C(=O)Nc2ccc(C(N)=NCl)cc2)c(-c2ccc(C(=O)NCC3CC3)nc2C(=O)OC)cc1OC. The number of hydrogen-bond acceptors (Lipinski definition) is 7. The summed E-state index contributed by atoms with van der Waals surface area (Å²) >= 11 is 5.44. The van der Waals surface area contributed by atoms with E-state index in [0.717, 1.165) is 12.8 Å². The van der Waals surface area contributed by atoms with Crippen LogP contribution in [-0.4, -0.2) is 49.4 Å². The minimum atomic E-state index is -0.765. The lowest BCUT2D eigenvalue weighted by Gasteiger charge is -2.17. The van der Waals surface area contributed by atoms with E-state index < -0.39 is 17.8 Å². The molecule has 0 saturated heterocycles. The van der Waals surface area contributed by atoms with Crippen molar-refractivity contribution in [2.24, 2.45) is 16.2 Å². The lowest BCUT2D eigenvalue weighted by atomic mass is 9.94. The predicted molar refractivity (Wildman–Crippen MR) is 154 cm³/mol. The number of methoxy groups -OCH3 is 2. The van der Waals surface area contributed by atoms with Crippen LogP contribution in [0, 0.1) is 5.92 Å². The fourth-order valence-corrected chi connectivity index (χ4v) is 4.12. The lowest BCUT2D eigenvalue weighted by molar-refractivity contribution is 0.0594. The van der Waals surface area contributed by atoms with Crippen molar-refractivity contribution >= 4 is 47.2 Å². The first-order chi connectivity index (χ1) is 19.3. The number of carbonyl (C=O) groups is 3. The van der Waals surface area contributed by atoms with E-state index in [1.165, 1.54) is 20.3 Å². The maximum absolute atomic E-state index is 13.6. The van der Waals surface area contributed by atoms with E-state index in [1.54, 1.807) is 48.5 Å². The van der Waals surface area contributed by atoms with Crippen LogP contribution in [0.4, 0.5) is 5.69 Å². The van der Waals surface area contributed by atoms with E-state index in [-0.39, 0.29) is 28.4 Å². The summed E-state index contributed by atoms with van der Waals surface area (Å²) in [5.74, 6) is -0.607. The summed E-state index contributed by atoms with van der Waals surface area (Å²) in [4.78, 5) is 43.4. The Morgan fingerprint density at radius 3 is 2.42 bits per heavy atom. The summed E-state index contributed by atoms with van der Waals surface area (Å²) in [5, 5.41) is 5.68. The van der Waals surface area contributed by atoms with Gasteiger partial charge < -0.3 is 25.8 Å². The molecule has 0 bridgehead atoms. The molecule has 40 heavy (non-hydrogen) atoms. The molecule has 0 unspecified atom stereocenters. The van der Waals surface area contributed by atoms with E-state index in [4.69, 9.17) is 27.0 Å². The first-order valence-corrected chi connectivity index (χ1v) is 12.7. The van der Waals surface area contributed by atoms with E-state index >= 15 is 0 Å². The molecule has 206 valence electrons. The van der Waals surface area contributed by atoms with Crippen LogP contribution in [0.3, 0.4) is 0 Å². The van der Waals surface area contributed by atoms with Crippen molar-refractivity contribution in [2.45, 2.75) is 12.8 Å². The van der Waals surface area contributed by atoms with Gasteiger partial charge >= 0.3 is 5.97 Å². The number of aromatic nitrogens is 1. The minimum absolute atomic E-state index is 0.0605. The second-order valence-electron chi connectivity index (χ2n) is 9.08. The van der Waals surface area contributed by atoms with Crippen molar-refractivity contribution in [3.63, 3.8) is 0 Å². The quantitative estimate of drug-likeness (QED) is 0.188. The number of amidine groups is 1. The number of benzene rings is 2. The molecule has 4 N–H and O–H groups in total. The summed E-state index contributed by atoms with van der Waals surface area (Å²) in [6, 6.07) is 12.9. The smallest absolute Gasteiger partial charge is 0.357 e. The van der Waals surface area contributed by atoms with Crippen molar-refractivity contribution in [1.29, 1.82) is 0 Å². The number of nitrogens with zero attached hydrogens (tertiary/aromatic N) is 2. The fourth-order valence-electron chi connectivity index (χ4n) is 4.02. The molecule has 10 nitrogen and oxygen atoms in total. The third-order valence-electron chi connectivity index (χ3n) is 6.41. The van der Waals surface area contributed by atoms with Gasteiger partial charge in [0.15, 0.2) is 5.69 Å². The number of halogens is 1. The largest absolute Gasteiger partial charge is 0.496 e. The zero-order valence-electron chi connectivity index (χ0n) is 22.0. The number of anilines is 1. The van der Waals surface area contributed by atoms with E-state index in [1.807, 2.05) is 0 Å². The molecular formula is C29H28ClN5O5. The summed E-state index contributed by atoms with van der Waals surface area (Å²) < 4.78 is 13.9. The lowest BCUT2D eigenvalue weighted by Crippen LogP contribution is -2.27. The number of rotatable bonds is 10. The van der Waals surface area contributed by atoms with Crippen LogP contribution in [0.15, 0.2) is 59.6 Å². The molecule has 3 aromatic rings. The van der Waals surface area contributed by atoms with Gasteiger partial charge in [-0.1, -0.05) is 12.7 Å². The van der Waals surface area contributed by atoms with Crippen molar-refractivity contribution in [3.05, 3.63) is 83.2 Å². The second kappa shape index (κ2) is 12.4. The van der Waals surface area contributed by atoms with Gasteiger partial charge in [-0.05, 0) is 67.3 Å². The van der Waals surface area contributed by atoms with Gasteiger partial charge in [0.05, 0.1) is 14.2 Å². The zero-order chi connectivity index (χ0) is 28.8. The van der Waals surface area contributed by atoms with Gasteiger partial charge in [0, 0.05) is 51.8 Å². The first-order valence-electron chi connectivity index (χ1n) is 12.4. The molecule has 4 rings (SSSR count). The molecule has 0 radical (unpaired) electrons. The molecule has 0 aliphatic heterocycles. The Balaban J connectivity index is 1.77. The molecule has 1 fully saturated rings. The Kier molecular flexibility index (Phi) is 8.80. The Morgan fingerprint density at radius 2 is 1.82 bits per heavy atom. The van der Waals surface area contributed by atoms with E-state index in [9.17, 15) is 14.4 Å². The van der Waals surface area contributed by atoms with Gasteiger partial charge in [-0.3, -0.25) is 9.59 Å². The highest BCUT2D eigenvalue weighted by Gasteiger charge is 2.26.